The highest BCUT2D eigenvalue weighted by Crippen LogP contribution is 2.27. The first-order valence-corrected chi connectivity index (χ1v) is 7.01. The van der Waals surface area contributed by atoms with Crippen molar-refractivity contribution in [2.45, 2.75) is 26.1 Å². The molecule has 20 heavy (non-hydrogen) atoms. The molecule has 1 N–H and O–H groups in total. The van der Waals surface area contributed by atoms with Gasteiger partial charge in [-0.25, -0.2) is 4.39 Å². The van der Waals surface area contributed by atoms with Crippen LogP contribution in [-0.4, -0.2) is 16.2 Å². The fourth-order valence-electron chi connectivity index (χ4n) is 1.80. The number of aromatic nitrogens is 1. The number of rotatable bonds is 4. The summed E-state index contributed by atoms with van der Waals surface area (Å²) < 4.78 is 19.1. The monoisotopic (exact) mass is 339 g/mol. The highest BCUT2D eigenvalue weighted by atomic mass is 79.9. The second kappa shape index (κ2) is 6.33. The molecule has 2 aromatic rings. The highest BCUT2D eigenvalue weighted by Gasteiger charge is 2.14. The number of pyridine rings is 1. The molecule has 106 valence electrons. The van der Waals surface area contributed by atoms with Crippen molar-refractivity contribution in [3.63, 3.8) is 0 Å². The minimum Gasteiger partial charge on any atom is -0.489 e. The third-order valence-corrected chi connectivity index (χ3v) is 3.29. The molecule has 3 nitrogen and oxygen atoms in total. The van der Waals surface area contributed by atoms with Crippen molar-refractivity contribution in [3.05, 3.63) is 58.1 Å². The van der Waals surface area contributed by atoms with Gasteiger partial charge in [0, 0.05) is 11.8 Å². The topological polar surface area (TPSA) is 42.4 Å². The summed E-state index contributed by atoms with van der Waals surface area (Å²) in [5.74, 6) is 0.230. The number of aliphatic hydroxyl groups is 1. The molecule has 0 spiro atoms. The Morgan fingerprint density at radius 1 is 1.20 bits per heavy atom. The molecule has 0 radical (unpaired) electrons. The number of halogens is 2. The Hall–Kier alpha value is -1.46. The van der Waals surface area contributed by atoms with E-state index in [9.17, 15) is 9.50 Å². The Morgan fingerprint density at radius 2 is 1.95 bits per heavy atom. The maximum Gasteiger partial charge on any atom is 0.138 e. The van der Waals surface area contributed by atoms with E-state index >= 15 is 0 Å². The van der Waals surface area contributed by atoms with Gasteiger partial charge in [0.1, 0.15) is 17.7 Å². The molecule has 0 saturated carbocycles. The summed E-state index contributed by atoms with van der Waals surface area (Å²) in [6.07, 6.45) is 2.31. The Bertz CT molecular complexity index is 604. The van der Waals surface area contributed by atoms with Crippen LogP contribution in [0.1, 0.15) is 31.1 Å². The molecule has 0 aliphatic rings. The predicted octanol–water partition coefficient (Wildman–Crippen LogP) is 3.85. The van der Waals surface area contributed by atoms with Gasteiger partial charge in [-0.05, 0) is 53.5 Å². The van der Waals surface area contributed by atoms with Crippen LogP contribution in [0.3, 0.4) is 0 Å². The van der Waals surface area contributed by atoms with Crippen LogP contribution in [0, 0.1) is 5.82 Å². The number of benzene rings is 1. The van der Waals surface area contributed by atoms with Crippen LogP contribution in [0.25, 0.3) is 0 Å². The van der Waals surface area contributed by atoms with E-state index in [2.05, 4.69) is 20.9 Å². The van der Waals surface area contributed by atoms with Crippen molar-refractivity contribution in [1.82, 2.24) is 4.98 Å². The van der Waals surface area contributed by atoms with Crippen molar-refractivity contribution in [2.75, 3.05) is 0 Å². The molecule has 1 aromatic heterocycles. The minimum atomic E-state index is -0.880. The summed E-state index contributed by atoms with van der Waals surface area (Å²) >= 11 is 3.11. The van der Waals surface area contributed by atoms with Crippen LogP contribution in [0.2, 0.25) is 0 Å². The quantitative estimate of drug-likeness (QED) is 0.919. The van der Waals surface area contributed by atoms with Gasteiger partial charge in [0.25, 0.3) is 0 Å². The van der Waals surface area contributed by atoms with Crippen molar-refractivity contribution in [3.8, 4) is 5.75 Å². The third kappa shape index (κ3) is 3.55. The zero-order valence-corrected chi connectivity index (χ0v) is 12.8. The second-order valence-electron chi connectivity index (χ2n) is 4.70. The molecule has 2 rings (SSSR count). The zero-order chi connectivity index (χ0) is 14.7. The zero-order valence-electron chi connectivity index (χ0n) is 11.2. The minimum absolute atomic E-state index is 0.0316. The predicted molar refractivity (Wildman–Crippen MR) is 78.2 cm³/mol. The third-order valence-electron chi connectivity index (χ3n) is 2.68. The molecule has 0 aliphatic carbocycles. The summed E-state index contributed by atoms with van der Waals surface area (Å²) in [6, 6.07) is 6.14. The lowest BCUT2D eigenvalue weighted by molar-refractivity contribution is 0.215. The average Bonchev–Trinajstić information content (AvgIpc) is 2.40. The number of hydrogen-bond acceptors (Lipinski definition) is 3. The van der Waals surface area contributed by atoms with E-state index in [0.717, 1.165) is 0 Å². The van der Waals surface area contributed by atoms with Crippen molar-refractivity contribution in [1.29, 1.82) is 0 Å². The smallest absolute Gasteiger partial charge is 0.138 e. The van der Waals surface area contributed by atoms with E-state index < -0.39 is 6.10 Å². The Balaban J connectivity index is 2.28. The Kier molecular flexibility index (Phi) is 4.73. The highest BCUT2D eigenvalue weighted by molar-refractivity contribution is 9.10. The lowest BCUT2D eigenvalue weighted by atomic mass is 10.0. The van der Waals surface area contributed by atoms with Crippen LogP contribution < -0.4 is 4.74 Å². The van der Waals surface area contributed by atoms with E-state index in [-0.39, 0.29) is 11.9 Å². The molecular formula is C15H15BrFNO2. The standard InChI is InChI=1S/C15H15BrFNO2/c1-9(2)20-12-5-11(7-18-8-12)15(19)10-3-4-14(17)13(16)6-10/h3-9,15,19H,1-2H3. The molecule has 0 bridgehead atoms. The molecule has 1 atom stereocenters. The van der Waals surface area contributed by atoms with Gasteiger partial charge in [-0.3, -0.25) is 4.98 Å². The summed E-state index contributed by atoms with van der Waals surface area (Å²) in [7, 11) is 0. The first-order valence-electron chi connectivity index (χ1n) is 6.22. The maximum absolute atomic E-state index is 13.2. The number of hydrogen-bond donors (Lipinski definition) is 1. The summed E-state index contributed by atoms with van der Waals surface area (Å²) in [6.45, 7) is 3.83. The molecule has 0 saturated heterocycles. The van der Waals surface area contributed by atoms with E-state index in [1.807, 2.05) is 13.8 Å². The van der Waals surface area contributed by atoms with Crippen LogP contribution in [-0.2, 0) is 0 Å². The van der Waals surface area contributed by atoms with E-state index in [1.165, 1.54) is 6.07 Å². The van der Waals surface area contributed by atoms with Crippen molar-refractivity contribution < 1.29 is 14.2 Å². The van der Waals surface area contributed by atoms with Crippen molar-refractivity contribution >= 4 is 15.9 Å². The van der Waals surface area contributed by atoms with E-state index in [0.29, 0.717) is 21.3 Å². The molecular weight excluding hydrogens is 325 g/mol. The normalized spacial score (nSPS) is 12.5. The van der Waals surface area contributed by atoms with E-state index in [1.54, 1.807) is 30.6 Å². The molecule has 1 heterocycles. The second-order valence-corrected chi connectivity index (χ2v) is 5.55. The molecule has 1 unspecified atom stereocenters. The van der Waals surface area contributed by atoms with Crippen LogP contribution in [0.5, 0.6) is 5.75 Å². The van der Waals surface area contributed by atoms with Gasteiger partial charge in [-0.15, -0.1) is 0 Å². The first-order chi connectivity index (χ1) is 9.47. The Labute approximate surface area is 125 Å². The lowest BCUT2D eigenvalue weighted by Crippen LogP contribution is -2.07. The van der Waals surface area contributed by atoms with Crippen LogP contribution in [0.15, 0.2) is 41.1 Å². The largest absolute Gasteiger partial charge is 0.489 e. The van der Waals surface area contributed by atoms with E-state index in [4.69, 9.17) is 4.74 Å². The van der Waals surface area contributed by atoms with Crippen molar-refractivity contribution in [2.24, 2.45) is 0 Å². The van der Waals surface area contributed by atoms with Crippen LogP contribution >= 0.6 is 15.9 Å². The maximum atomic E-state index is 13.2. The average molecular weight is 340 g/mol. The fraction of sp³-hybridized carbons (Fsp3) is 0.267. The van der Waals surface area contributed by atoms with Gasteiger partial charge in [0.2, 0.25) is 0 Å². The van der Waals surface area contributed by atoms with Crippen LogP contribution in [0.4, 0.5) is 4.39 Å². The SMILES string of the molecule is CC(C)Oc1cncc(C(O)c2ccc(F)c(Br)c2)c1. The van der Waals surface area contributed by atoms with Gasteiger partial charge in [-0.1, -0.05) is 6.07 Å². The fourth-order valence-corrected chi connectivity index (χ4v) is 2.19. The molecule has 5 heteroatoms. The first kappa shape index (κ1) is 14.9. The Morgan fingerprint density at radius 3 is 2.60 bits per heavy atom. The van der Waals surface area contributed by atoms with Gasteiger partial charge >= 0.3 is 0 Å². The van der Waals surface area contributed by atoms with Gasteiger partial charge in [0.05, 0.1) is 16.8 Å². The molecule has 0 aliphatic heterocycles. The summed E-state index contributed by atoms with van der Waals surface area (Å²) in [4.78, 5) is 4.05. The van der Waals surface area contributed by atoms with Gasteiger partial charge in [-0.2, -0.15) is 0 Å². The van der Waals surface area contributed by atoms with Gasteiger partial charge < -0.3 is 9.84 Å². The number of aliphatic hydroxyl groups excluding tert-OH is 1. The lowest BCUT2D eigenvalue weighted by Gasteiger charge is -2.14. The number of nitrogens with zero attached hydrogens (tertiary/aromatic N) is 1. The number of ether oxygens (including phenoxy) is 1. The molecule has 0 fully saturated rings. The molecule has 0 amide bonds. The molecule has 1 aromatic carbocycles. The summed E-state index contributed by atoms with van der Waals surface area (Å²) in [5.41, 5.74) is 1.18. The summed E-state index contributed by atoms with van der Waals surface area (Å²) in [5, 5.41) is 10.3. The van der Waals surface area contributed by atoms with Gasteiger partial charge in [0.15, 0.2) is 0 Å².